The zero-order valence-electron chi connectivity index (χ0n) is 9.63. The van der Waals surface area contributed by atoms with Gasteiger partial charge in [0.2, 0.25) is 0 Å². The first kappa shape index (κ1) is 10.5. The first-order valence-corrected chi connectivity index (χ1v) is 5.59. The van der Waals surface area contributed by atoms with E-state index in [0.29, 0.717) is 12.0 Å². The van der Waals surface area contributed by atoms with Gasteiger partial charge in [0.25, 0.3) is 5.91 Å². The second-order valence-corrected chi connectivity index (χ2v) is 5.67. The van der Waals surface area contributed by atoms with Crippen LogP contribution in [0, 0.1) is 5.41 Å². The average molecular weight is 209 g/mol. The van der Waals surface area contributed by atoms with E-state index in [1.165, 1.54) is 12.8 Å². The van der Waals surface area contributed by atoms with Gasteiger partial charge in [-0.3, -0.25) is 10.1 Å². The van der Waals surface area contributed by atoms with Gasteiger partial charge in [-0.15, -0.1) is 0 Å². The Morgan fingerprint density at radius 2 is 2.13 bits per heavy atom. The Morgan fingerprint density at radius 3 is 2.67 bits per heavy atom. The highest BCUT2D eigenvalue weighted by atomic mass is 16.2. The fraction of sp³-hybridized carbons (Fsp3) is 0.818. The molecule has 0 spiro atoms. The number of hydrogen-bond donors (Lipinski definition) is 2. The molecule has 1 amide bonds. The smallest absolute Gasteiger partial charge is 0.251 e. The maximum absolute atomic E-state index is 11.6. The van der Waals surface area contributed by atoms with Gasteiger partial charge in [0, 0.05) is 6.04 Å². The van der Waals surface area contributed by atoms with Crippen molar-refractivity contribution in [3.63, 3.8) is 0 Å². The van der Waals surface area contributed by atoms with Crippen molar-refractivity contribution in [3.05, 3.63) is 0 Å². The van der Waals surface area contributed by atoms with Crippen molar-refractivity contribution in [1.82, 2.24) is 10.6 Å². The molecule has 0 saturated heterocycles. The summed E-state index contributed by atoms with van der Waals surface area (Å²) in [7, 11) is 0. The third kappa shape index (κ3) is 2.94. The molecule has 84 valence electrons. The van der Waals surface area contributed by atoms with Crippen molar-refractivity contribution in [3.8, 4) is 0 Å². The van der Waals surface area contributed by atoms with Gasteiger partial charge in [0.05, 0.1) is 0 Å². The van der Waals surface area contributed by atoms with Gasteiger partial charge in [0.15, 0.2) is 5.96 Å². The Kier molecular flexibility index (Phi) is 2.44. The van der Waals surface area contributed by atoms with Crippen molar-refractivity contribution >= 4 is 11.9 Å². The standard InChI is InChI=1S/C11H19N3O/c1-11(2,3)6-8-9(15)14-10(13-8)12-7-4-5-7/h7-8H,4-6H2,1-3H3,(H2,12,13,14,15). The van der Waals surface area contributed by atoms with E-state index in [1.54, 1.807) is 0 Å². The monoisotopic (exact) mass is 209 g/mol. The Bertz CT molecular complexity index is 299. The Labute approximate surface area is 90.5 Å². The fourth-order valence-corrected chi connectivity index (χ4v) is 1.66. The van der Waals surface area contributed by atoms with Crippen LogP contribution >= 0.6 is 0 Å². The van der Waals surface area contributed by atoms with Crippen molar-refractivity contribution < 1.29 is 4.79 Å². The van der Waals surface area contributed by atoms with Crippen LogP contribution in [0.5, 0.6) is 0 Å². The minimum Gasteiger partial charge on any atom is -0.353 e. The first-order chi connectivity index (χ1) is 6.94. The minimum absolute atomic E-state index is 0.0353. The van der Waals surface area contributed by atoms with Gasteiger partial charge >= 0.3 is 0 Å². The fourth-order valence-electron chi connectivity index (χ4n) is 1.66. The second kappa shape index (κ2) is 3.51. The SMILES string of the molecule is CC(C)(C)CC1N=C(NC2CC2)NC1=O. The molecule has 1 saturated carbocycles. The predicted molar refractivity (Wildman–Crippen MR) is 59.6 cm³/mol. The molecule has 0 radical (unpaired) electrons. The highest BCUT2D eigenvalue weighted by Gasteiger charge is 2.32. The molecule has 0 bridgehead atoms. The van der Waals surface area contributed by atoms with Crippen molar-refractivity contribution in [2.24, 2.45) is 10.4 Å². The van der Waals surface area contributed by atoms with E-state index in [1.807, 2.05) is 0 Å². The summed E-state index contributed by atoms with van der Waals surface area (Å²) in [5.74, 6) is 0.713. The topological polar surface area (TPSA) is 53.5 Å². The van der Waals surface area contributed by atoms with Crippen molar-refractivity contribution in [1.29, 1.82) is 0 Å². The van der Waals surface area contributed by atoms with E-state index in [-0.39, 0.29) is 17.4 Å². The third-order valence-electron chi connectivity index (χ3n) is 2.55. The van der Waals surface area contributed by atoms with Gasteiger partial charge in [-0.05, 0) is 24.7 Å². The lowest BCUT2D eigenvalue weighted by Crippen LogP contribution is -2.38. The molecule has 0 aromatic heterocycles. The van der Waals surface area contributed by atoms with Crippen LogP contribution in [0.15, 0.2) is 4.99 Å². The average Bonchev–Trinajstić information content (AvgIpc) is 2.78. The molecule has 4 nitrogen and oxygen atoms in total. The largest absolute Gasteiger partial charge is 0.353 e. The molecule has 2 N–H and O–H groups in total. The number of amides is 1. The maximum atomic E-state index is 11.6. The number of carbonyl (C=O) groups is 1. The van der Waals surface area contributed by atoms with Crippen molar-refractivity contribution in [2.45, 2.75) is 52.1 Å². The van der Waals surface area contributed by atoms with Crippen LogP contribution in [0.2, 0.25) is 0 Å². The van der Waals surface area contributed by atoms with Gasteiger partial charge in [-0.1, -0.05) is 20.8 Å². The molecule has 2 rings (SSSR count). The lowest BCUT2D eigenvalue weighted by atomic mass is 9.88. The van der Waals surface area contributed by atoms with E-state index < -0.39 is 0 Å². The first-order valence-electron chi connectivity index (χ1n) is 5.59. The molecule has 1 unspecified atom stereocenters. The molecule has 2 aliphatic rings. The molecule has 1 heterocycles. The Balaban J connectivity index is 1.93. The van der Waals surface area contributed by atoms with Crippen LogP contribution in [0.25, 0.3) is 0 Å². The minimum atomic E-state index is -0.203. The number of nitrogens with one attached hydrogen (secondary N) is 2. The molecule has 15 heavy (non-hydrogen) atoms. The molecule has 1 fully saturated rings. The van der Waals surface area contributed by atoms with Crippen molar-refractivity contribution in [2.75, 3.05) is 0 Å². The van der Waals surface area contributed by atoms with Crippen LogP contribution in [0.4, 0.5) is 0 Å². The maximum Gasteiger partial charge on any atom is 0.251 e. The Hall–Kier alpha value is -1.06. The van der Waals surface area contributed by atoms with Crippen LogP contribution in [0.3, 0.4) is 0 Å². The molecular formula is C11H19N3O. The molecule has 1 aliphatic carbocycles. The number of hydrogen-bond acceptors (Lipinski definition) is 3. The summed E-state index contributed by atoms with van der Waals surface area (Å²) < 4.78 is 0. The van der Waals surface area contributed by atoms with Crippen LogP contribution in [0.1, 0.15) is 40.0 Å². The van der Waals surface area contributed by atoms with Gasteiger partial charge < -0.3 is 5.32 Å². The number of nitrogens with zero attached hydrogens (tertiary/aromatic N) is 1. The number of guanidine groups is 1. The highest BCUT2D eigenvalue weighted by molar-refractivity contribution is 6.04. The summed E-state index contributed by atoms with van der Waals surface area (Å²) in [4.78, 5) is 16.0. The van der Waals surface area contributed by atoms with E-state index in [0.717, 1.165) is 6.42 Å². The van der Waals surface area contributed by atoms with E-state index in [9.17, 15) is 4.79 Å². The summed E-state index contributed by atoms with van der Waals surface area (Å²) in [6.07, 6.45) is 3.19. The molecule has 0 aromatic rings. The number of aliphatic imine (C=N–C) groups is 1. The summed E-state index contributed by atoms with van der Waals surface area (Å²) in [6.45, 7) is 6.38. The zero-order valence-corrected chi connectivity index (χ0v) is 9.63. The lowest BCUT2D eigenvalue weighted by molar-refractivity contribution is -0.120. The third-order valence-corrected chi connectivity index (χ3v) is 2.55. The van der Waals surface area contributed by atoms with Crippen LogP contribution in [-0.2, 0) is 4.79 Å². The molecular weight excluding hydrogens is 190 g/mol. The van der Waals surface area contributed by atoms with Gasteiger partial charge in [-0.25, -0.2) is 4.99 Å². The number of carbonyl (C=O) groups excluding carboxylic acids is 1. The van der Waals surface area contributed by atoms with Crippen LogP contribution in [-0.4, -0.2) is 24.0 Å². The second-order valence-electron chi connectivity index (χ2n) is 5.67. The van der Waals surface area contributed by atoms with Gasteiger partial charge in [0.1, 0.15) is 6.04 Å². The summed E-state index contributed by atoms with van der Waals surface area (Å²) in [6, 6.07) is 0.337. The van der Waals surface area contributed by atoms with E-state index in [4.69, 9.17) is 0 Å². The highest BCUT2D eigenvalue weighted by Crippen LogP contribution is 2.24. The normalized spacial score (nSPS) is 26.2. The molecule has 1 aliphatic heterocycles. The van der Waals surface area contributed by atoms with Crippen LogP contribution < -0.4 is 10.6 Å². The lowest BCUT2D eigenvalue weighted by Gasteiger charge is -2.19. The zero-order chi connectivity index (χ0) is 11.1. The van der Waals surface area contributed by atoms with E-state index in [2.05, 4.69) is 36.4 Å². The summed E-state index contributed by atoms with van der Waals surface area (Å²) in [5.41, 5.74) is 0.139. The predicted octanol–water partition coefficient (Wildman–Crippen LogP) is 1.03. The Morgan fingerprint density at radius 1 is 1.47 bits per heavy atom. The molecule has 1 atom stereocenters. The number of rotatable bonds is 2. The summed E-state index contributed by atoms with van der Waals surface area (Å²) in [5, 5.41) is 6.01. The van der Waals surface area contributed by atoms with E-state index >= 15 is 0 Å². The molecule has 0 aromatic carbocycles. The summed E-state index contributed by atoms with van der Waals surface area (Å²) >= 11 is 0. The van der Waals surface area contributed by atoms with Gasteiger partial charge in [-0.2, -0.15) is 0 Å². The molecule has 4 heteroatoms. The quantitative estimate of drug-likeness (QED) is 0.713.